The van der Waals surface area contributed by atoms with E-state index in [4.69, 9.17) is 9.47 Å². The quantitative estimate of drug-likeness (QED) is 0.803. The third-order valence-electron chi connectivity index (χ3n) is 5.27. The summed E-state index contributed by atoms with van der Waals surface area (Å²) in [7, 11) is 0. The Morgan fingerprint density at radius 3 is 2.46 bits per heavy atom. The highest BCUT2D eigenvalue weighted by Gasteiger charge is 2.44. The predicted octanol–water partition coefficient (Wildman–Crippen LogP) is 3.85. The van der Waals surface area contributed by atoms with Crippen molar-refractivity contribution in [3.63, 3.8) is 0 Å². The van der Waals surface area contributed by atoms with Gasteiger partial charge in [-0.3, -0.25) is 4.90 Å². The van der Waals surface area contributed by atoms with Crippen molar-refractivity contribution in [2.24, 2.45) is 0 Å². The van der Waals surface area contributed by atoms with Crippen molar-refractivity contribution < 1.29 is 14.3 Å². The van der Waals surface area contributed by atoms with Crippen molar-refractivity contribution in [3.05, 3.63) is 35.9 Å². The first kappa shape index (κ1) is 19.2. The van der Waals surface area contributed by atoms with Crippen molar-refractivity contribution in [3.8, 4) is 0 Å². The fourth-order valence-corrected chi connectivity index (χ4v) is 3.86. The molecule has 1 amide bonds. The van der Waals surface area contributed by atoms with E-state index in [1.807, 2.05) is 31.7 Å². The zero-order chi connectivity index (χ0) is 18.8. The summed E-state index contributed by atoms with van der Waals surface area (Å²) in [6, 6.07) is 10.5. The van der Waals surface area contributed by atoms with E-state index in [0.717, 1.165) is 32.5 Å². The van der Waals surface area contributed by atoms with E-state index < -0.39 is 5.60 Å². The molecule has 26 heavy (non-hydrogen) atoms. The van der Waals surface area contributed by atoms with Crippen LogP contribution in [0, 0.1) is 0 Å². The molecule has 2 heterocycles. The van der Waals surface area contributed by atoms with Crippen molar-refractivity contribution in [2.75, 3.05) is 32.7 Å². The molecule has 1 unspecified atom stereocenters. The highest BCUT2D eigenvalue weighted by Crippen LogP contribution is 2.37. The van der Waals surface area contributed by atoms with Gasteiger partial charge in [0.05, 0.1) is 11.7 Å². The minimum Gasteiger partial charge on any atom is -0.444 e. The Hall–Kier alpha value is -1.59. The second-order valence-electron chi connectivity index (χ2n) is 8.50. The molecule has 0 saturated carbocycles. The van der Waals surface area contributed by atoms with E-state index in [1.165, 1.54) is 5.56 Å². The summed E-state index contributed by atoms with van der Waals surface area (Å²) in [5.74, 6) is 0. The monoisotopic (exact) mass is 360 g/mol. The Labute approximate surface area is 157 Å². The maximum Gasteiger partial charge on any atom is 0.410 e. The summed E-state index contributed by atoms with van der Waals surface area (Å²) in [6.07, 6.45) is 1.59. The van der Waals surface area contributed by atoms with Gasteiger partial charge in [-0.25, -0.2) is 4.79 Å². The van der Waals surface area contributed by atoms with Gasteiger partial charge in [-0.15, -0.1) is 0 Å². The van der Waals surface area contributed by atoms with Gasteiger partial charge in [0, 0.05) is 26.2 Å². The molecule has 144 valence electrons. The van der Waals surface area contributed by atoms with Crippen LogP contribution in [0.25, 0.3) is 0 Å². The molecule has 2 saturated heterocycles. The number of likely N-dealkylation sites (tertiary alicyclic amines) is 1. The highest BCUT2D eigenvalue weighted by molar-refractivity contribution is 5.68. The van der Waals surface area contributed by atoms with E-state index in [1.54, 1.807) is 0 Å². The van der Waals surface area contributed by atoms with E-state index in [-0.39, 0.29) is 17.8 Å². The summed E-state index contributed by atoms with van der Waals surface area (Å²) in [6.45, 7) is 12.2. The van der Waals surface area contributed by atoms with Crippen LogP contribution in [0.15, 0.2) is 30.3 Å². The summed E-state index contributed by atoms with van der Waals surface area (Å²) in [5, 5.41) is 0. The number of amides is 1. The molecule has 0 N–H and O–H groups in total. The Balaban J connectivity index is 1.67. The molecule has 5 heteroatoms. The third-order valence-corrected chi connectivity index (χ3v) is 5.27. The Morgan fingerprint density at radius 2 is 1.88 bits per heavy atom. The fourth-order valence-electron chi connectivity index (χ4n) is 3.86. The molecule has 0 radical (unpaired) electrons. The van der Waals surface area contributed by atoms with Crippen molar-refractivity contribution in [1.29, 1.82) is 0 Å². The van der Waals surface area contributed by atoms with Crippen molar-refractivity contribution in [1.82, 2.24) is 9.80 Å². The molecular formula is C21H32N2O3. The van der Waals surface area contributed by atoms with Gasteiger partial charge >= 0.3 is 6.09 Å². The normalized spacial score (nSPS) is 23.8. The highest BCUT2D eigenvalue weighted by atomic mass is 16.6. The molecule has 2 aliphatic rings. The molecule has 0 aliphatic carbocycles. The van der Waals surface area contributed by atoms with Crippen molar-refractivity contribution >= 4 is 6.09 Å². The van der Waals surface area contributed by atoms with E-state index in [0.29, 0.717) is 13.1 Å². The molecular weight excluding hydrogens is 328 g/mol. The van der Waals surface area contributed by atoms with Gasteiger partial charge in [0.1, 0.15) is 5.60 Å². The molecule has 0 bridgehead atoms. The summed E-state index contributed by atoms with van der Waals surface area (Å²) in [5.41, 5.74) is 0.609. The third kappa shape index (κ3) is 4.57. The first-order chi connectivity index (χ1) is 12.3. The topological polar surface area (TPSA) is 42.0 Å². The molecule has 2 aliphatic heterocycles. The average molecular weight is 360 g/mol. The number of rotatable bonds is 2. The number of hydrogen-bond donors (Lipinski definition) is 0. The minimum atomic E-state index is -0.453. The first-order valence-electron chi connectivity index (χ1n) is 9.73. The van der Waals surface area contributed by atoms with Gasteiger partial charge in [0.25, 0.3) is 0 Å². The van der Waals surface area contributed by atoms with Crippen LogP contribution in [0.2, 0.25) is 0 Å². The van der Waals surface area contributed by atoms with Crippen LogP contribution >= 0.6 is 0 Å². The lowest BCUT2D eigenvalue weighted by atomic mass is 9.88. The summed E-state index contributed by atoms with van der Waals surface area (Å²) >= 11 is 0. The van der Waals surface area contributed by atoms with Gasteiger partial charge in [0.15, 0.2) is 0 Å². The Bertz CT molecular complexity index is 603. The second kappa shape index (κ2) is 7.57. The number of benzene rings is 1. The Morgan fingerprint density at radius 1 is 1.23 bits per heavy atom. The SMILES string of the molecule is CCN1CC(c2ccccc2)OC2(CCN(C(=O)OC(C)(C)C)CC2)C1. The summed E-state index contributed by atoms with van der Waals surface area (Å²) < 4.78 is 12.2. The largest absolute Gasteiger partial charge is 0.444 e. The molecule has 2 fully saturated rings. The van der Waals surface area contributed by atoms with Gasteiger partial charge in [-0.2, -0.15) is 0 Å². The molecule has 0 aromatic heterocycles. The molecule has 1 atom stereocenters. The lowest BCUT2D eigenvalue weighted by molar-refractivity contribution is -0.176. The van der Waals surface area contributed by atoms with Gasteiger partial charge in [0.2, 0.25) is 0 Å². The molecule has 1 aromatic rings. The van der Waals surface area contributed by atoms with E-state index in [2.05, 4.69) is 36.1 Å². The molecule has 5 nitrogen and oxygen atoms in total. The first-order valence-corrected chi connectivity index (χ1v) is 9.73. The number of morpholine rings is 1. The zero-order valence-electron chi connectivity index (χ0n) is 16.5. The van der Waals surface area contributed by atoms with Crippen LogP contribution in [0.5, 0.6) is 0 Å². The maximum absolute atomic E-state index is 12.3. The van der Waals surface area contributed by atoms with E-state index in [9.17, 15) is 4.79 Å². The number of likely N-dealkylation sites (N-methyl/N-ethyl adjacent to an activating group) is 1. The number of nitrogens with zero attached hydrogens (tertiary/aromatic N) is 2. The number of ether oxygens (including phenoxy) is 2. The maximum atomic E-state index is 12.3. The van der Waals surface area contributed by atoms with Crippen LogP contribution < -0.4 is 0 Å². The van der Waals surface area contributed by atoms with Gasteiger partial charge in [-0.05, 0) is 45.7 Å². The number of carbonyl (C=O) groups excluding carboxylic acids is 1. The number of hydrogen-bond acceptors (Lipinski definition) is 4. The average Bonchev–Trinajstić information content (AvgIpc) is 2.61. The number of carbonyl (C=O) groups is 1. The fraction of sp³-hybridized carbons (Fsp3) is 0.667. The van der Waals surface area contributed by atoms with Crippen LogP contribution in [0.4, 0.5) is 4.79 Å². The predicted molar refractivity (Wildman–Crippen MR) is 102 cm³/mol. The molecule has 1 spiro atoms. The standard InChI is InChI=1S/C21H32N2O3/c1-5-22-15-18(17-9-7-6-8-10-17)25-21(16-22)11-13-23(14-12-21)19(24)26-20(2,3)4/h6-10,18H,5,11-16H2,1-4H3. The van der Waals surface area contributed by atoms with E-state index >= 15 is 0 Å². The van der Waals surface area contributed by atoms with Crippen LogP contribution in [0.3, 0.4) is 0 Å². The lowest BCUT2D eigenvalue weighted by Crippen LogP contribution is -2.58. The van der Waals surface area contributed by atoms with Gasteiger partial charge < -0.3 is 14.4 Å². The Kier molecular flexibility index (Phi) is 5.58. The lowest BCUT2D eigenvalue weighted by Gasteiger charge is -2.50. The van der Waals surface area contributed by atoms with Crippen LogP contribution in [-0.2, 0) is 9.47 Å². The second-order valence-corrected chi connectivity index (χ2v) is 8.50. The van der Waals surface area contributed by atoms with Crippen LogP contribution in [0.1, 0.15) is 52.2 Å². The smallest absolute Gasteiger partial charge is 0.410 e. The molecule has 1 aromatic carbocycles. The van der Waals surface area contributed by atoms with Crippen molar-refractivity contribution in [2.45, 2.75) is 57.8 Å². The van der Waals surface area contributed by atoms with Gasteiger partial charge in [-0.1, -0.05) is 37.3 Å². The summed E-state index contributed by atoms with van der Waals surface area (Å²) in [4.78, 5) is 16.6. The van der Waals surface area contributed by atoms with Crippen LogP contribution in [-0.4, -0.2) is 59.8 Å². The minimum absolute atomic E-state index is 0.0953. The number of piperidine rings is 1. The zero-order valence-corrected chi connectivity index (χ0v) is 16.5. The molecule has 3 rings (SSSR count).